The first kappa shape index (κ1) is 8.24. The summed E-state index contributed by atoms with van der Waals surface area (Å²) in [7, 11) is 0. The maximum atomic E-state index is 10.8. The van der Waals surface area contributed by atoms with Crippen molar-refractivity contribution in [3.8, 4) is 0 Å². The molecule has 0 aromatic rings. The number of amides is 1. The van der Waals surface area contributed by atoms with Crippen LogP contribution in [-0.4, -0.2) is 17.7 Å². The number of hydrogen-bond acceptors (Lipinski definition) is 2. The molecular weight excluding hydrogens is 142 g/mol. The molecule has 0 saturated heterocycles. The topological polar surface area (TPSA) is 46.2 Å². The van der Waals surface area contributed by atoms with Gasteiger partial charge in [-0.3, -0.25) is 9.59 Å². The molecule has 0 radical (unpaired) electrons. The van der Waals surface area contributed by atoms with E-state index < -0.39 is 11.7 Å². The molecule has 0 bridgehead atoms. The van der Waals surface area contributed by atoms with Gasteiger partial charge in [0.15, 0.2) is 0 Å². The third kappa shape index (κ3) is 2.03. The summed E-state index contributed by atoms with van der Waals surface area (Å²) in [6.07, 6.45) is 2.03. The van der Waals surface area contributed by atoms with E-state index >= 15 is 0 Å². The lowest BCUT2D eigenvalue weighted by Crippen LogP contribution is -2.45. The predicted octanol–water partition coefficient (Wildman–Crippen LogP) is 0.490. The minimum atomic E-state index is -0.443. The van der Waals surface area contributed by atoms with Crippen LogP contribution in [0.15, 0.2) is 0 Å². The van der Waals surface area contributed by atoms with Crippen LogP contribution in [0.5, 0.6) is 0 Å². The highest BCUT2D eigenvalue weighted by molar-refractivity contribution is 6.35. The van der Waals surface area contributed by atoms with E-state index in [0.29, 0.717) is 5.92 Å². The standard InChI is InChI=1S/C8H13NO2/c1-5-3-7(4-5)9-8(11)6(2)10/h5,7H,3-4H2,1-2H3,(H,9,11). The first-order valence-corrected chi connectivity index (χ1v) is 3.91. The van der Waals surface area contributed by atoms with Crippen molar-refractivity contribution in [1.29, 1.82) is 0 Å². The minimum absolute atomic E-state index is 0.251. The highest BCUT2D eigenvalue weighted by Crippen LogP contribution is 2.25. The number of Topliss-reactive ketones (excluding diaryl/α,β-unsaturated/α-hetero) is 1. The van der Waals surface area contributed by atoms with Crippen LogP contribution < -0.4 is 5.32 Å². The Morgan fingerprint density at radius 2 is 1.91 bits per heavy atom. The van der Waals surface area contributed by atoms with Gasteiger partial charge in [0, 0.05) is 13.0 Å². The van der Waals surface area contributed by atoms with E-state index in [0.717, 1.165) is 12.8 Å². The van der Waals surface area contributed by atoms with Crippen molar-refractivity contribution in [3.63, 3.8) is 0 Å². The fourth-order valence-corrected chi connectivity index (χ4v) is 1.31. The normalized spacial score (nSPS) is 28.9. The average molecular weight is 155 g/mol. The molecule has 0 unspecified atom stereocenters. The van der Waals surface area contributed by atoms with E-state index in [9.17, 15) is 9.59 Å². The molecule has 1 amide bonds. The molecular formula is C8H13NO2. The van der Waals surface area contributed by atoms with Crippen molar-refractivity contribution in [1.82, 2.24) is 5.32 Å². The van der Waals surface area contributed by atoms with E-state index in [1.54, 1.807) is 0 Å². The van der Waals surface area contributed by atoms with Gasteiger partial charge in [-0.1, -0.05) is 6.92 Å². The summed E-state index contributed by atoms with van der Waals surface area (Å²) < 4.78 is 0. The van der Waals surface area contributed by atoms with Crippen molar-refractivity contribution in [3.05, 3.63) is 0 Å². The first-order chi connectivity index (χ1) is 5.09. The smallest absolute Gasteiger partial charge is 0.287 e. The van der Waals surface area contributed by atoms with Gasteiger partial charge in [0.25, 0.3) is 5.91 Å². The second-order valence-corrected chi connectivity index (χ2v) is 3.30. The zero-order valence-corrected chi connectivity index (χ0v) is 6.89. The van der Waals surface area contributed by atoms with Gasteiger partial charge in [-0.15, -0.1) is 0 Å². The Kier molecular flexibility index (Phi) is 2.27. The molecule has 1 aliphatic rings. The summed E-state index contributed by atoms with van der Waals surface area (Å²) in [4.78, 5) is 21.3. The maximum Gasteiger partial charge on any atom is 0.287 e. The van der Waals surface area contributed by atoms with Gasteiger partial charge in [-0.25, -0.2) is 0 Å². The Morgan fingerprint density at radius 1 is 1.36 bits per heavy atom. The number of hydrogen-bond donors (Lipinski definition) is 1. The molecule has 0 aliphatic heterocycles. The lowest BCUT2D eigenvalue weighted by atomic mass is 9.82. The molecule has 11 heavy (non-hydrogen) atoms. The van der Waals surface area contributed by atoms with Crippen LogP contribution in [0.4, 0.5) is 0 Å². The molecule has 3 heteroatoms. The third-order valence-electron chi connectivity index (χ3n) is 2.03. The van der Waals surface area contributed by atoms with Crippen molar-refractivity contribution in [2.24, 2.45) is 5.92 Å². The summed E-state index contributed by atoms with van der Waals surface area (Å²) in [6, 6.07) is 0.251. The zero-order valence-electron chi connectivity index (χ0n) is 6.89. The van der Waals surface area contributed by atoms with E-state index in [2.05, 4.69) is 12.2 Å². The van der Waals surface area contributed by atoms with E-state index in [-0.39, 0.29) is 6.04 Å². The lowest BCUT2D eigenvalue weighted by Gasteiger charge is -2.32. The van der Waals surface area contributed by atoms with Gasteiger partial charge in [-0.2, -0.15) is 0 Å². The molecule has 3 nitrogen and oxygen atoms in total. The summed E-state index contributed by atoms with van der Waals surface area (Å²) in [5.41, 5.74) is 0. The van der Waals surface area contributed by atoms with Crippen LogP contribution in [0.25, 0.3) is 0 Å². The fourth-order valence-electron chi connectivity index (χ4n) is 1.31. The van der Waals surface area contributed by atoms with Crippen LogP contribution in [0, 0.1) is 5.92 Å². The van der Waals surface area contributed by atoms with Crippen LogP contribution in [0.2, 0.25) is 0 Å². The average Bonchev–Trinajstić information content (AvgIpc) is 1.84. The SMILES string of the molecule is CC(=O)C(=O)NC1CC(C)C1. The monoisotopic (exact) mass is 155 g/mol. The van der Waals surface area contributed by atoms with Crippen molar-refractivity contribution < 1.29 is 9.59 Å². The van der Waals surface area contributed by atoms with Gasteiger partial charge < -0.3 is 5.32 Å². The third-order valence-corrected chi connectivity index (χ3v) is 2.03. The number of rotatable bonds is 2. The maximum absolute atomic E-state index is 10.8. The molecule has 1 saturated carbocycles. The largest absolute Gasteiger partial charge is 0.347 e. The Morgan fingerprint density at radius 3 is 2.27 bits per heavy atom. The Bertz CT molecular complexity index is 183. The van der Waals surface area contributed by atoms with E-state index in [1.807, 2.05) is 0 Å². The van der Waals surface area contributed by atoms with Crippen molar-refractivity contribution >= 4 is 11.7 Å². The Hall–Kier alpha value is -0.860. The van der Waals surface area contributed by atoms with E-state index in [1.165, 1.54) is 6.92 Å². The summed E-state index contributed by atoms with van der Waals surface area (Å²) in [5, 5.41) is 2.66. The highest BCUT2D eigenvalue weighted by atomic mass is 16.2. The minimum Gasteiger partial charge on any atom is -0.347 e. The number of nitrogens with one attached hydrogen (secondary N) is 1. The second-order valence-electron chi connectivity index (χ2n) is 3.30. The molecule has 0 spiro atoms. The fraction of sp³-hybridized carbons (Fsp3) is 0.750. The molecule has 0 aromatic heterocycles. The lowest BCUT2D eigenvalue weighted by molar-refractivity contribution is -0.137. The van der Waals surface area contributed by atoms with Gasteiger partial charge in [0.05, 0.1) is 0 Å². The van der Waals surface area contributed by atoms with Crippen molar-refractivity contribution in [2.45, 2.75) is 32.7 Å². The van der Waals surface area contributed by atoms with Gasteiger partial charge in [0.2, 0.25) is 5.78 Å². The Labute approximate surface area is 66.2 Å². The molecule has 1 N–H and O–H groups in total. The van der Waals surface area contributed by atoms with Gasteiger partial charge in [-0.05, 0) is 18.8 Å². The van der Waals surface area contributed by atoms with Crippen LogP contribution in [0.1, 0.15) is 26.7 Å². The number of carbonyl (C=O) groups excluding carboxylic acids is 2. The van der Waals surface area contributed by atoms with Gasteiger partial charge in [0.1, 0.15) is 0 Å². The molecule has 62 valence electrons. The highest BCUT2D eigenvalue weighted by Gasteiger charge is 2.27. The molecule has 0 atom stereocenters. The van der Waals surface area contributed by atoms with E-state index in [4.69, 9.17) is 0 Å². The number of carbonyl (C=O) groups is 2. The van der Waals surface area contributed by atoms with Gasteiger partial charge >= 0.3 is 0 Å². The van der Waals surface area contributed by atoms with Crippen LogP contribution in [-0.2, 0) is 9.59 Å². The summed E-state index contributed by atoms with van der Waals surface area (Å²) >= 11 is 0. The number of ketones is 1. The Balaban J connectivity index is 2.22. The molecule has 0 heterocycles. The molecule has 1 rings (SSSR count). The van der Waals surface area contributed by atoms with Crippen LogP contribution in [0.3, 0.4) is 0 Å². The molecule has 1 fully saturated rings. The first-order valence-electron chi connectivity index (χ1n) is 3.91. The molecule has 1 aliphatic carbocycles. The van der Waals surface area contributed by atoms with Crippen molar-refractivity contribution in [2.75, 3.05) is 0 Å². The summed E-state index contributed by atoms with van der Waals surface area (Å²) in [5.74, 6) is -0.140. The molecule has 0 aromatic carbocycles. The van der Waals surface area contributed by atoms with Crippen LogP contribution >= 0.6 is 0 Å². The predicted molar refractivity (Wildman–Crippen MR) is 41.0 cm³/mol. The second kappa shape index (κ2) is 3.03. The summed E-state index contributed by atoms with van der Waals surface area (Å²) in [6.45, 7) is 3.42. The zero-order chi connectivity index (χ0) is 8.43. The quantitative estimate of drug-likeness (QED) is 0.590.